The van der Waals surface area contributed by atoms with Gasteiger partial charge in [0.05, 0.1) is 6.20 Å². The van der Waals surface area contributed by atoms with Crippen molar-refractivity contribution in [2.24, 2.45) is 7.05 Å². The van der Waals surface area contributed by atoms with Gasteiger partial charge in [-0.25, -0.2) is 13.4 Å². The van der Waals surface area contributed by atoms with E-state index in [1.807, 2.05) is 0 Å². The summed E-state index contributed by atoms with van der Waals surface area (Å²) in [7, 11) is -1.98. The number of halogens is 1. The van der Waals surface area contributed by atoms with Gasteiger partial charge in [0.25, 0.3) is 10.0 Å². The fourth-order valence-electron chi connectivity index (χ4n) is 1.19. The number of nitrogens with one attached hydrogen (secondary N) is 1. The van der Waals surface area contributed by atoms with Crippen molar-refractivity contribution in [2.75, 3.05) is 4.72 Å². The van der Waals surface area contributed by atoms with Crippen molar-refractivity contribution in [2.45, 2.75) is 4.90 Å². The van der Waals surface area contributed by atoms with Gasteiger partial charge in [0.15, 0.2) is 0 Å². The zero-order valence-corrected chi connectivity index (χ0v) is 11.2. The molecule has 0 bridgehead atoms. The minimum Gasteiger partial charge on any atom is -0.274 e. The molecule has 0 atom stereocenters. The second-order valence-corrected chi connectivity index (χ2v) is 5.91. The summed E-state index contributed by atoms with van der Waals surface area (Å²) < 4.78 is 28.3. The Balaban J connectivity index is 2.29. The molecule has 2 rings (SSSR count). The third-order valence-electron chi connectivity index (χ3n) is 1.95. The first-order valence-corrected chi connectivity index (χ1v) is 6.88. The van der Waals surface area contributed by atoms with Crippen molar-refractivity contribution in [1.29, 1.82) is 0 Å². The summed E-state index contributed by atoms with van der Waals surface area (Å²) in [6.45, 7) is 0. The van der Waals surface area contributed by atoms with Crippen LogP contribution in [-0.4, -0.2) is 23.2 Å². The molecule has 0 radical (unpaired) electrons. The number of sulfonamides is 1. The zero-order chi connectivity index (χ0) is 12.5. The van der Waals surface area contributed by atoms with E-state index in [2.05, 4.69) is 30.7 Å². The van der Waals surface area contributed by atoms with E-state index < -0.39 is 10.0 Å². The maximum atomic E-state index is 11.9. The Labute approximate surface area is 107 Å². The van der Waals surface area contributed by atoms with Gasteiger partial charge in [-0.05, 0) is 12.1 Å². The molecule has 2 aromatic rings. The summed E-state index contributed by atoms with van der Waals surface area (Å²) >= 11 is 3.24. The van der Waals surface area contributed by atoms with Crippen molar-refractivity contribution in [3.05, 3.63) is 35.2 Å². The van der Waals surface area contributed by atoms with Crippen LogP contribution in [0.5, 0.6) is 0 Å². The number of aryl methyl sites for hydroxylation is 1. The molecule has 0 unspecified atom stereocenters. The van der Waals surface area contributed by atoms with Crippen LogP contribution in [0.3, 0.4) is 0 Å². The van der Waals surface area contributed by atoms with Crippen LogP contribution in [0.4, 0.5) is 5.82 Å². The summed E-state index contributed by atoms with van der Waals surface area (Å²) in [5.74, 6) is 0.253. The van der Waals surface area contributed by atoms with Gasteiger partial charge in [0.1, 0.15) is 10.7 Å². The normalized spacial score (nSPS) is 11.4. The van der Waals surface area contributed by atoms with E-state index >= 15 is 0 Å². The van der Waals surface area contributed by atoms with Crippen LogP contribution >= 0.6 is 15.9 Å². The van der Waals surface area contributed by atoms with Crippen LogP contribution in [0.15, 0.2) is 40.1 Å². The predicted molar refractivity (Wildman–Crippen MR) is 66.0 cm³/mol. The lowest BCUT2D eigenvalue weighted by molar-refractivity contribution is 0.601. The summed E-state index contributed by atoms with van der Waals surface area (Å²) in [6.07, 6.45) is 4.20. The quantitative estimate of drug-likeness (QED) is 0.928. The molecule has 2 heterocycles. The molecule has 6 nitrogen and oxygen atoms in total. The Hall–Kier alpha value is -1.41. The molecule has 0 spiro atoms. The average molecular weight is 317 g/mol. The Morgan fingerprint density at radius 1 is 1.47 bits per heavy atom. The highest BCUT2D eigenvalue weighted by Crippen LogP contribution is 2.16. The van der Waals surface area contributed by atoms with E-state index in [0.717, 1.165) is 4.47 Å². The van der Waals surface area contributed by atoms with Crippen LogP contribution in [-0.2, 0) is 17.1 Å². The first-order chi connectivity index (χ1) is 7.97. The van der Waals surface area contributed by atoms with Gasteiger partial charge >= 0.3 is 0 Å². The van der Waals surface area contributed by atoms with E-state index in [4.69, 9.17) is 0 Å². The third-order valence-corrected chi connectivity index (χ3v) is 3.75. The molecular formula is C9H9BrN4O2S. The number of aromatic nitrogens is 3. The molecule has 0 aliphatic heterocycles. The number of pyridine rings is 1. The minimum atomic E-state index is -3.63. The highest BCUT2D eigenvalue weighted by molar-refractivity contribution is 9.10. The molecule has 2 aromatic heterocycles. The molecule has 17 heavy (non-hydrogen) atoms. The number of rotatable bonds is 3. The highest BCUT2D eigenvalue weighted by Gasteiger charge is 2.16. The SMILES string of the molecule is Cn1cc(S(=O)(=O)Nc2cc(Br)ccn2)cn1. The lowest BCUT2D eigenvalue weighted by Gasteiger charge is -2.04. The molecule has 0 fully saturated rings. The molecule has 8 heteroatoms. The van der Waals surface area contributed by atoms with Crippen molar-refractivity contribution in [1.82, 2.24) is 14.8 Å². The van der Waals surface area contributed by atoms with E-state index in [0.29, 0.717) is 0 Å². The van der Waals surface area contributed by atoms with Crippen LogP contribution in [0.25, 0.3) is 0 Å². The fraction of sp³-hybridized carbons (Fsp3) is 0.111. The standard InChI is InChI=1S/C9H9BrN4O2S/c1-14-6-8(5-12-14)17(15,16)13-9-4-7(10)2-3-11-9/h2-6H,1H3,(H,11,13). The smallest absolute Gasteiger partial charge is 0.266 e. The van der Waals surface area contributed by atoms with Gasteiger partial charge in [-0.2, -0.15) is 5.10 Å². The Morgan fingerprint density at radius 3 is 2.82 bits per heavy atom. The largest absolute Gasteiger partial charge is 0.274 e. The van der Waals surface area contributed by atoms with Crippen LogP contribution in [0.1, 0.15) is 0 Å². The molecule has 1 N–H and O–H groups in total. The second kappa shape index (κ2) is 4.46. The van der Waals surface area contributed by atoms with Crippen LogP contribution in [0, 0.1) is 0 Å². The molecule has 0 aliphatic carbocycles. The van der Waals surface area contributed by atoms with E-state index in [1.165, 1.54) is 23.3 Å². The maximum absolute atomic E-state index is 11.9. The maximum Gasteiger partial charge on any atom is 0.266 e. The Bertz CT molecular complexity index is 638. The van der Waals surface area contributed by atoms with E-state index in [1.54, 1.807) is 19.2 Å². The van der Waals surface area contributed by atoms with Gasteiger partial charge in [-0.15, -0.1) is 0 Å². The number of anilines is 1. The van der Waals surface area contributed by atoms with Crippen LogP contribution in [0.2, 0.25) is 0 Å². The van der Waals surface area contributed by atoms with E-state index in [9.17, 15) is 8.42 Å². The average Bonchev–Trinajstić information content (AvgIpc) is 2.65. The molecule has 0 saturated carbocycles. The van der Waals surface area contributed by atoms with Crippen molar-refractivity contribution in [3.8, 4) is 0 Å². The second-order valence-electron chi connectivity index (χ2n) is 3.31. The molecule has 0 saturated heterocycles. The lowest BCUT2D eigenvalue weighted by Crippen LogP contribution is -2.13. The van der Waals surface area contributed by atoms with Gasteiger partial charge in [0.2, 0.25) is 0 Å². The van der Waals surface area contributed by atoms with Crippen molar-refractivity contribution in [3.63, 3.8) is 0 Å². The van der Waals surface area contributed by atoms with E-state index in [-0.39, 0.29) is 10.7 Å². The Kier molecular flexibility index (Phi) is 3.16. The third kappa shape index (κ3) is 2.83. The van der Waals surface area contributed by atoms with Gasteiger partial charge < -0.3 is 0 Å². The van der Waals surface area contributed by atoms with Gasteiger partial charge in [-0.1, -0.05) is 15.9 Å². The molecule has 90 valence electrons. The number of hydrogen-bond acceptors (Lipinski definition) is 4. The molecular weight excluding hydrogens is 308 g/mol. The minimum absolute atomic E-state index is 0.0989. The fourth-order valence-corrected chi connectivity index (χ4v) is 2.51. The highest BCUT2D eigenvalue weighted by atomic mass is 79.9. The number of hydrogen-bond donors (Lipinski definition) is 1. The van der Waals surface area contributed by atoms with Gasteiger partial charge in [-0.3, -0.25) is 9.40 Å². The molecule has 0 aliphatic rings. The Morgan fingerprint density at radius 2 is 2.24 bits per heavy atom. The summed E-state index contributed by atoms with van der Waals surface area (Å²) in [5, 5.41) is 3.81. The van der Waals surface area contributed by atoms with Gasteiger partial charge in [0, 0.05) is 23.9 Å². The van der Waals surface area contributed by atoms with Crippen LogP contribution < -0.4 is 4.72 Å². The molecule has 0 amide bonds. The first kappa shape index (κ1) is 12.1. The lowest BCUT2D eigenvalue weighted by atomic mass is 10.5. The molecule has 0 aromatic carbocycles. The number of nitrogens with zero attached hydrogens (tertiary/aromatic N) is 3. The van der Waals surface area contributed by atoms with Crippen molar-refractivity contribution >= 4 is 31.8 Å². The monoisotopic (exact) mass is 316 g/mol. The summed E-state index contributed by atoms with van der Waals surface area (Å²) in [6, 6.07) is 3.29. The van der Waals surface area contributed by atoms with Crippen molar-refractivity contribution < 1.29 is 8.42 Å². The summed E-state index contributed by atoms with van der Waals surface area (Å²) in [5.41, 5.74) is 0. The topological polar surface area (TPSA) is 76.9 Å². The predicted octanol–water partition coefficient (Wildman–Crippen LogP) is 1.38. The zero-order valence-electron chi connectivity index (χ0n) is 8.83. The summed E-state index contributed by atoms with van der Waals surface area (Å²) in [4.78, 5) is 4.01. The first-order valence-electron chi connectivity index (χ1n) is 4.60.